The molecule has 1 unspecified atom stereocenters. The van der Waals surface area contributed by atoms with Crippen LogP contribution in [0.25, 0.3) is 0 Å². The molecule has 0 aliphatic carbocycles. The minimum absolute atomic E-state index is 0.0639. The first-order valence-electron chi connectivity index (χ1n) is 5.36. The summed E-state index contributed by atoms with van der Waals surface area (Å²) in [6.45, 7) is 3.63. The first kappa shape index (κ1) is 13.9. The Morgan fingerprint density at radius 3 is 2.67 bits per heavy atom. The van der Waals surface area contributed by atoms with Gasteiger partial charge in [0.05, 0.1) is 12.0 Å². The second-order valence-electron chi connectivity index (χ2n) is 4.00. The van der Waals surface area contributed by atoms with Crippen molar-refractivity contribution in [3.05, 3.63) is 0 Å². The molecule has 0 aliphatic rings. The van der Waals surface area contributed by atoms with E-state index in [2.05, 4.69) is 11.0 Å². The molecule has 0 aromatic carbocycles. The third-order valence-electron chi connectivity index (χ3n) is 2.24. The zero-order chi connectivity index (χ0) is 11.7. The summed E-state index contributed by atoms with van der Waals surface area (Å²) in [5, 5.41) is 17.0. The third kappa shape index (κ3) is 9.23. The first-order valence-corrected chi connectivity index (χ1v) is 5.36. The van der Waals surface area contributed by atoms with Crippen molar-refractivity contribution in [2.45, 2.75) is 32.6 Å². The van der Waals surface area contributed by atoms with Gasteiger partial charge >= 0.3 is 5.97 Å². The van der Waals surface area contributed by atoms with Gasteiger partial charge in [-0.05, 0) is 33.4 Å². The van der Waals surface area contributed by atoms with Crippen LogP contribution in [-0.4, -0.2) is 36.1 Å². The number of rotatable bonds is 8. The maximum absolute atomic E-state index is 10.2. The largest absolute Gasteiger partial charge is 0.481 e. The number of carboxylic acid groups (broad SMARTS) is 1. The highest BCUT2D eigenvalue weighted by atomic mass is 16.4. The molecule has 4 nitrogen and oxygen atoms in total. The summed E-state index contributed by atoms with van der Waals surface area (Å²) in [5.41, 5.74) is 0. The van der Waals surface area contributed by atoms with Crippen LogP contribution < -0.4 is 0 Å². The minimum atomic E-state index is -0.721. The summed E-state index contributed by atoms with van der Waals surface area (Å²) >= 11 is 0. The highest BCUT2D eigenvalue weighted by Gasteiger charge is 2.04. The summed E-state index contributed by atoms with van der Waals surface area (Å²) in [5.74, 6) is -0.657. The fraction of sp³-hybridized carbons (Fsp3) is 0.818. The van der Waals surface area contributed by atoms with Gasteiger partial charge in [0.15, 0.2) is 0 Å². The van der Waals surface area contributed by atoms with Crippen LogP contribution >= 0.6 is 0 Å². The number of nitriles is 1. The van der Waals surface area contributed by atoms with Crippen LogP contribution in [0.1, 0.15) is 32.6 Å². The van der Waals surface area contributed by atoms with Crippen molar-refractivity contribution in [2.24, 2.45) is 5.92 Å². The third-order valence-corrected chi connectivity index (χ3v) is 2.24. The van der Waals surface area contributed by atoms with Gasteiger partial charge in [-0.15, -0.1) is 0 Å². The van der Waals surface area contributed by atoms with E-state index in [0.717, 1.165) is 32.4 Å². The lowest BCUT2D eigenvalue weighted by Crippen LogP contribution is -2.24. The number of hydrogen-bond acceptors (Lipinski definition) is 3. The number of carbonyl (C=O) groups is 1. The second-order valence-corrected chi connectivity index (χ2v) is 4.00. The number of nitrogens with zero attached hydrogens (tertiary/aromatic N) is 2. The molecule has 86 valence electrons. The molecule has 0 aliphatic heterocycles. The minimum Gasteiger partial charge on any atom is -0.481 e. The summed E-state index contributed by atoms with van der Waals surface area (Å²) in [7, 11) is 1.99. The van der Waals surface area contributed by atoms with E-state index in [1.807, 2.05) is 14.0 Å². The van der Waals surface area contributed by atoms with Gasteiger partial charge in [0.2, 0.25) is 0 Å². The van der Waals surface area contributed by atoms with E-state index in [4.69, 9.17) is 10.4 Å². The Bertz CT molecular complexity index is 223. The lowest BCUT2D eigenvalue weighted by Gasteiger charge is -2.17. The van der Waals surface area contributed by atoms with E-state index >= 15 is 0 Å². The van der Waals surface area contributed by atoms with Crippen LogP contribution in [0.3, 0.4) is 0 Å². The molecule has 0 spiro atoms. The van der Waals surface area contributed by atoms with Gasteiger partial charge < -0.3 is 10.0 Å². The van der Waals surface area contributed by atoms with Crippen molar-refractivity contribution in [2.75, 3.05) is 20.1 Å². The first-order chi connectivity index (χ1) is 7.06. The quantitative estimate of drug-likeness (QED) is 0.622. The molecule has 4 heteroatoms. The zero-order valence-electron chi connectivity index (χ0n) is 9.57. The summed E-state index contributed by atoms with van der Waals surface area (Å²) in [4.78, 5) is 12.4. The highest BCUT2D eigenvalue weighted by molar-refractivity contribution is 5.66. The van der Waals surface area contributed by atoms with E-state index in [0.29, 0.717) is 0 Å². The van der Waals surface area contributed by atoms with Crippen molar-refractivity contribution in [1.82, 2.24) is 4.90 Å². The average Bonchev–Trinajstić information content (AvgIpc) is 2.16. The van der Waals surface area contributed by atoms with Gasteiger partial charge in [-0.1, -0.05) is 6.42 Å². The Morgan fingerprint density at radius 2 is 2.13 bits per heavy atom. The van der Waals surface area contributed by atoms with E-state index < -0.39 is 5.97 Å². The van der Waals surface area contributed by atoms with Crippen molar-refractivity contribution < 1.29 is 9.90 Å². The second kappa shape index (κ2) is 8.25. The fourth-order valence-corrected chi connectivity index (χ4v) is 1.43. The highest BCUT2D eigenvalue weighted by Crippen LogP contribution is 2.02. The van der Waals surface area contributed by atoms with Crippen molar-refractivity contribution >= 4 is 5.97 Å². The molecular formula is C11H20N2O2. The summed E-state index contributed by atoms with van der Waals surface area (Å²) in [6.07, 6.45) is 2.95. The standard InChI is InChI=1S/C11H20N2O2/c1-10(8-12)9-13(2)7-5-3-4-6-11(14)15/h10H,3-7,9H2,1-2H3,(H,14,15). The molecule has 0 rings (SSSR count). The van der Waals surface area contributed by atoms with Crippen LogP contribution in [0.5, 0.6) is 0 Å². The average molecular weight is 212 g/mol. The number of unbranched alkanes of at least 4 members (excludes halogenated alkanes) is 2. The van der Waals surface area contributed by atoms with Crippen molar-refractivity contribution in [1.29, 1.82) is 5.26 Å². The van der Waals surface area contributed by atoms with Gasteiger partial charge in [-0.25, -0.2) is 0 Å². The van der Waals surface area contributed by atoms with E-state index in [1.54, 1.807) is 0 Å². The van der Waals surface area contributed by atoms with Crippen LogP contribution in [0.4, 0.5) is 0 Å². The molecule has 0 heterocycles. The number of carboxylic acids is 1. The predicted molar refractivity (Wildman–Crippen MR) is 58.4 cm³/mol. The maximum Gasteiger partial charge on any atom is 0.303 e. The van der Waals surface area contributed by atoms with Crippen molar-refractivity contribution in [3.63, 3.8) is 0 Å². The molecule has 0 saturated heterocycles. The smallest absolute Gasteiger partial charge is 0.303 e. The summed E-state index contributed by atoms with van der Waals surface area (Å²) < 4.78 is 0. The number of aliphatic carboxylic acids is 1. The topological polar surface area (TPSA) is 64.3 Å². The molecule has 0 bridgehead atoms. The molecule has 0 aromatic heterocycles. The molecule has 0 aromatic rings. The Kier molecular flexibility index (Phi) is 7.65. The Morgan fingerprint density at radius 1 is 1.47 bits per heavy atom. The van der Waals surface area contributed by atoms with E-state index in [-0.39, 0.29) is 12.3 Å². The van der Waals surface area contributed by atoms with Gasteiger partial charge in [0.25, 0.3) is 0 Å². The van der Waals surface area contributed by atoms with Gasteiger partial charge in [0.1, 0.15) is 0 Å². The monoisotopic (exact) mass is 212 g/mol. The molecule has 15 heavy (non-hydrogen) atoms. The van der Waals surface area contributed by atoms with E-state index in [9.17, 15) is 4.79 Å². The van der Waals surface area contributed by atoms with Gasteiger partial charge in [-0.2, -0.15) is 5.26 Å². The van der Waals surface area contributed by atoms with Crippen LogP contribution in [0, 0.1) is 17.2 Å². The molecule has 0 fully saturated rings. The van der Waals surface area contributed by atoms with Gasteiger partial charge in [0, 0.05) is 13.0 Å². The lowest BCUT2D eigenvalue weighted by molar-refractivity contribution is -0.137. The molecule has 0 saturated carbocycles. The molecule has 0 amide bonds. The Hall–Kier alpha value is -1.08. The molecule has 1 N–H and O–H groups in total. The molecule has 0 radical (unpaired) electrons. The Balaban J connectivity index is 3.36. The van der Waals surface area contributed by atoms with Crippen LogP contribution in [0.2, 0.25) is 0 Å². The van der Waals surface area contributed by atoms with Crippen LogP contribution in [0.15, 0.2) is 0 Å². The van der Waals surface area contributed by atoms with Gasteiger partial charge in [-0.3, -0.25) is 4.79 Å². The molecular weight excluding hydrogens is 192 g/mol. The Labute approximate surface area is 91.5 Å². The summed E-state index contributed by atoms with van der Waals surface area (Å²) in [6, 6.07) is 2.19. The van der Waals surface area contributed by atoms with E-state index in [1.165, 1.54) is 0 Å². The number of hydrogen-bond donors (Lipinski definition) is 1. The SMILES string of the molecule is CC(C#N)CN(C)CCCCCC(=O)O. The zero-order valence-corrected chi connectivity index (χ0v) is 9.57. The fourth-order valence-electron chi connectivity index (χ4n) is 1.43. The molecule has 1 atom stereocenters. The predicted octanol–water partition coefficient (Wildman–Crippen LogP) is 1.72. The van der Waals surface area contributed by atoms with Crippen molar-refractivity contribution in [3.8, 4) is 6.07 Å². The lowest BCUT2D eigenvalue weighted by atomic mass is 10.1. The maximum atomic E-state index is 10.2. The van der Waals surface area contributed by atoms with Crippen LogP contribution in [-0.2, 0) is 4.79 Å². The normalized spacial score (nSPS) is 12.4.